The molecule has 1 saturated heterocycles. The molecule has 0 aromatic carbocycles. The summed E-state index contributed by atoms with van der Waals surface area (Å²) in [6, 6.07) is 1.13. The summed E-state index contributed by atoms with van der Waals surface area (Å²) in [7, 11) is 0. The number of carbonyl (C=O) groups excluding carboxylic acids is 1. The summed E-state index contributed by atoms with van der Waals surface area (Å²) in [6.07, 6.45) is 6.55. The van der Waals surface area contributed by atoms with Crippen LogP contribution in [-0.2, 0) is 4.79 Å². The molecule has 4 nitrogen and oxygen atoms in total. The van der Waals surface area contributed by atoms with Gasteiger partial charge in [0.15, 0.2) is 0 Å². The molecule has 1 amide bonds. The fourth-order valence-corrected chi connectivity index (χ4v) is 2.96. The molecule has 1 aliphatic heterocycles. The van der Waals surface area contributed by atoms with Crippen LogP contribution in [0.4, 0.5) is 0 Å². The fraction of sp³-hybridized carbons (Fsp3) is 0.923. The first-order valence-corrected chi connectivity index (χ1v) is 6.95. The average Bonchev–Trinajstić information content (AvgIpc) is 2.97. The summed E-state index contributed by atoms with van der Waals surface area (Å²) >= 11 is 0. The molecule has 3 N–H and O–H groups in total. The number of nitrogens with one attached hydrogen (secondary N) is 1. The molecule has 2 fully saturated rings. The van der Waals surface area contributed by atoms with Crippen LogP contribution in [0.2, 0.25) is 0 Å². The van der Waals surface area contributed by atoms with Crippen molar-refractivity contribution in [3.8, 4) is 0 Å². The van der Waals surface area contributed by atoms with Crippen LogP contribution in [0.1, 0.15) is 39.0 Å². The first-order chi connectivity index (χ1) is 8.20. The minimum atomic E-state index is -0.0597. The maximum absolute atomic E-state index is 11.7. The standard InChI is InChI=1S/C13H25N3O.2ClH/c1-10(8-14)13(17)15-11-6-7-16(9-11)12-4-2-3-5-12;;/h10-12H,2-9,14H2,1H3,(H,15,17);2*1H. The number of halogens is 2. The van der Waals surface area contributed by atoms with Crippen molar-refractivity contribution in [1.82, 2.24) is 10.2 Å². The maximum atomic E-state index is 11.7. The Balaban J connectivity index is 0.00000162. The minimum absolute atomic E-state index is 0. The normalized spacial score (nSPS) is 25.5. The van der Waals surface area contributed by atoms with Gasteiger partial charge in [-0.1, -0.05) is 19.8 Å². The summed E-state index contributed by atoms with van der Waals surface area (Å²) in [4.78, 5) is 14.3. The van der Waals surface area contributed by atoms with E-state index < -0.39 is 0 Å². The number of likely N-dealkylation sites (tertiary alicyclic amines) is 1. The molecule has 0 spiro atoms. The number of hydrogen-bond donors (Lipinski definition) is 2. The van der Waals surface area contributed by atoms with Crippen molar-refractivity contribution in [2.24, 2.45) is 11.7 Å². The Hall–Kier alpha value is -0.0300. The van der Waals surface area contributed by atoms with Crippen molar-refractivity contribution in [2.75, 3.05) is 19.6 Å². The number of nitrogens with two attached hydrogens (primary N) is 1. The Morgan fingerprint density at radius 1 is 1.32 bits per heavy atom. The van der Waals surface area contributed by atoms with E-state index in [4.69, 9.17) is 5.73 Å². The first kappa shape index (κ1) is 19.0. The zero-order chi connectivity index (χ0) is 12.3. The van der Waals surface area contributed by atoms with Crippen LogP contribution >= 0.6 is 24.8 Å². The van der Waals surface area contributed by atoms with Gasteiger partial charge in [-0.3, -0.25) is 9.69 Å². The van der Waals surface area contributed by atoms with Gasteiger partial charge >= 0.3 is 0 Å². The Morgan fingerprint density at radius 2 is 1.95 bits per heavy atom. The van der Waals surface area contributed by atoms with E-state index in [-0.39, 0.29) is 36.6 Å². The van der Waals surface area contributed by atoms with Crippen molar-refractivity contribution in [3.05, 3.63) is 0 Å². The Morgan fingerprint density at radius 3 is 2.53 bits per heavy atom. The van der Waals surface area contributed by atoms with E-state index in [1.54, 1.807) is 0 Å². The summed E-state index contributed by atoms with van der Waals surface area (Å²) in [5.41, 5.74) is 5.50. The topological polar surface area (TPSA) is 58.4 Å². The average molecular weight is 312 g/mol. The van der Waals surface area contributed by atoms with E-state index in [0.717, 1.165) is 25.6 Å². The molecule has 19 heavy (non-hydrogen) atoms. The molecule has 0 aromatic heterocycles. The second kappa shape index (κ2) is 9.01. The number of nitrogens with zero attached hydrogens (tertiary/aromatic N) is 1. The summed E-state index contributed by atoms with van der Waals surface area (Å²) in [6.45, 7) is 4.50. The van der Waals surface area contributed by atoms with Gasteiger partial charge in [0.2, 0.25) is 5.91 Å². The zero-order valence-corrected chi connectivity index (χ0v) is 13.3. The van der Waals surface area contributed by atoms with Gasteiger partial charge in [-0.15, -0.1) is 24.8 Å². The molecular formula is C13H27Cl2N3O. The van der Waals surface area contributed by atoms with E-state index >= 15 is 0 Å². The van der Waals surface area contributed by atoms with Gasteiger partial charge in [0.1, 0.15) is 0 Å². The lowest BCUT2D eigenvalue weighted by Crippen LogP contribution is -2.42. The van der Waals surface area contributed by atoms with Gasteiger partial charge < -0.3 is 11.1 Å². The van der Waals surface area contributed by atoms with Gasteiger partial charge in [-0.05, 0) is 19.3 Å². The molecule has 0 aromatic rings. The van der Waals surface area contributed by atoms with Gasteiger partial charge in [-0.25, -0.2) is 0 Å². The number of hydrogen-bond acceptors (Lipinski definition) is 3. The number of carbonyl (C=O) groups is 1. The second-order valence-electron chi connectivity index (χ2n) is 5.56. The third-order valence-electron chi connectivity index (χ3n) is 4.21. The van der Waals surface area contributed by atoms with E-state index in [1.807, 2.05) is 6.92 Å². The molecule has 1 heterocycles. The molecule has 2 atom stereocenters. The van der Waals surface area contributed by atoms with Crippen LogP contribution in [0, 0.1) is 5.92 Å². The molecule has 2 aliphatic rings. The highest BCUT2D eigenvalue weighted by atomic mass is 35.5. The summed E-state index contributed by atoms with van der Waals surface area (Å²) in [5.74, 6) is 0.0568. The van der Waals surface area contributed by atoms with Gasteiger partial charge in [0.25, 0.3) is 0 Å². The van der Waals surface area contributed by atoms with Crippen LogP contribution < -0.4 is 11.1 Å². The highest BCUT2D eigenvalue weighted by Gasteiger charge is 2.30. The van der Waals surface area contributed by atoms with Gasteiger partial charge in [-0.2, -0.15) is 0 Å². The molecular weight excluding hydrogens is 285 g/mol. The van der Waals surface area contributed by atoms with Crippen LogP contribution in [0.25, 0.3) is 0 Å². The van der Waals surface area contributed by atoms with E-state index in [9.17, 15) is 4.79 Å². The molecule has 2 unspecified atom stereocenters. The van der Waals surface area contributed by atoms with Gasteiger partial charge in [0.05, 0.1) is 0 Å². The van der Waals surface area contributed by atoms with E-state index in [2.05, 4.69) is 10.2 Å². The lowest BCUT2D eigenvalue weighted by molar-refractivity contribution is -0.124. The van der Waals surface area contributed by atoms with Crippen molar-refractivity contribution in [3.63, 3.8) is 0 Å². The molecule has 114 valence electrons. The van der Waals surface area contributed by atoms with E-state index in [0.29, 0.717) is 12.6 Å². The quantitative estimate of drug-likeness (QED) is 0.828. The van der Waals surface area contributed by atoms with Crippen molar-refractivity contribution < 1.29 is 4.79 Å². The molecule has 2 rings (SSSR count). The third kappa shape index (κ3) is 5.10. The minimum Gasteiger partial charge on any atom is -0.352 e. The molecule has 6 heteroatoms. The van der Waals surface area contributed by atoms with Crippen LogP contribution in [0.5, 0.6) is 0 Å². The SMILES string of the molecule is CC(CN)C(=O)NC1CCN(C2CCCC2)C1.Cl.Cl. The smallest absolute Gasteiger partial charge is 0.224 e. The molecule has 1 aliphatic carbocycles. The van der Waals surface area contributed by atoms with Gasteiger partial charge in [0, 0.05) is 37.6 Å². The lowest BCUT2D eigenvalue weighted by atomic mass is 10.1. The Kier molecular flexibility index (Phi) is 8.99. The first-order valence-electron chi connectivity index (χ1n) is 6.95. The van der Waals surface area contributed by atoms with Crippen molar-refractivity contribution >= 4 is 30.7 Å². The van der Waals surface area contributed by atoms with Crippen LogP contribution in [0.3, 0.4) is 0 Å². The predicted molar refractivity (Wildman–Crippen MR) is 83.1 cm³/mol. The third-order valence-corrected chi connectivity index (χ3v) is 4.21. The largest absolute Gasteiger partial charge is 0.352 e. The number of amides is 1. The molecule has 0 radical (unpaired) electrons. The summed E-state index contributed by atoms with van der Waals surface area (Å²) < 4.78 is 0. The number of rotatable bonds is 4. The monoisotopic (exact) mass is 311 g/mol. The Bertz CT molecular complexity index is 273. The second-order valence-corrected chi connectivity index (χ2v) is 5.56. The Labute approximate surface area is 128 Å². The van der Waals surface area contributed by atoms with Crippen molar-refractivity contribution in [2.45, 2.75) is 51.1 Å². The lowest BCUT2D eigenvalue weighted by Gasteiger charge is -2.23. The van der Waals surface area contributed by atoms with Crippen LogP contribution in [-0.4, -0.2) is 42.5 Å². The highest BCUT2D eigenvalue weighted by Crippen LogP contribution is 2.26. The zero-order valence-electron chi connectivity index (χ0n) is 11.6. The summed E-state index contributed by atoms with van der Waals surface area (Å²) in [5, 5.41) is 3.12. The van der Waals surface area contributed by atoms with Crippen LogP contribution in [0.15, 0.2) is 0 Å². The predicted octanol–water partition coefficient (Wildman–Crippen LogP) is 1.56. The maximum Gasteiger partial charge on any atom is 0.224 e. The molecule has 1 saturated carbocycles. The fourth-order valence-electron chi connectivity index (χ4n) is 2.96. The van der Waals surface area contributed by atoms with E-state index in [1.165, 1.54) is 25.7 Å². The van der Waals surface area contributed by atoms with Crippen molar-refractivity contribution in [1.29, 1.82) is 0 Å². The molecule has 0 bridgehead atoms. The highest BCUT2D eigenvalue weighted by molar-refractivity contribution is 5.85.